The molecule has 19 heavy (non-hydrogen) atoms. The first-order valence-corrected chi connectivity index (χ1v) is 6.02. The van der Waals surface area contributed by atoms with Crippen molar-refractivity contribution in [3.8, 4) is 0 Å². The van der Waals surface area contributed by atoms with Crippen LogP contribution in [-0.2, 0) is 4.74 Å². The number of nitrogens with two attached hydrogens (primary N) is 1. The van der Waals surface area contributed by atoms with Crippen molar-refractivity contribution in [2.24, 2.45) is 11.8 Å². The number of hydrogen-bond donors (Lipinski definition) is 3. The number of fused-ring (bicyclic) bond motifs is 1. The molecule has 8 heteroatoms. The molecule has 0 unspecified atom stereocenters. The quantitative estimate of drug-likeness (QED) is 0.661. The Morgan fingerprint density at radius 1 is 1.32 bits per heavy atom. The fraction of sp³-hybridized carbons (Fsp3) is 0.545. The van der Waals surface area contributed by atoms with Crippen LogP contribution in [0.3, 0.4) is 0 Å². The van der Waals surface area contributed by atoms with E-state index >= 15 is 0 Å². The Balaban J connectivity index is 2.03. The summed E-state index contributed by atoms with van der Waals surface area (Å²) in [5, 5.41) is 18.8. The molecule has 1 saturated heterocycles. The molecule has 102 valence electrons. The van der Waals surface area contributed by atoms with Gasteiger partial charge in [-0.25, -0.2) is 15.0 Å². The summed E-state index contributed by atoms with van der Waals surface area (Å²) in [4.78, 5) is 12.2. The van der Waals surface area contributed by atoms with Crippen LogP contribution in [-0.4, -0.2) is 49.6 Å². The summed E-state index contributed by atoms with van der Waals surface area (Å²) < 4.78 is 7.38. The summed E-state index contributed by atoms with van der Waals surface area (Å²) in [6.45, 7) is 0.300. The van der Waals surface area contributed by atoms with Gasteiger partial charge in [-0.2, -0.15) is 0 Å². The average molecular weight is 265 g/mol. The lowest BCUT2D eigenvalue weighted by Gasteiger charge is -2.20. The topological polar surface area (TPSA) is 119 Å². The van der Waals surface area contributed by atoms with Crippen LogP contribution >= 0.6 is 0 Å². The first-order valence-electron chi connectivity index (χ1n) is 6.02. The minimum absolute atomic E-state index is 0.0223. The lowest BCUT2D eigenvalue weighted by atomic mass is 9.95. The van der Waals surface area contributed by atoms with Crippen LogP contribution in [0, 0.1) is 11.8 Å². The van der Waals surface area contributed by atoms with Crippen molar-refractivity contribution < 1.29 is 14.9 Å². The van der Waals surface area contributed by atoms with Gasteiger partial charge in [0.05, 0.1) is 19.5 Å². The van der Waals surface area contributed by atoms with Gasteiger partial charge in [0, 0.05) is 18.4 Å². The predicted octanol–water partition coefficient (Wildman–Crippen LogP) is -0.846. The predicted molar refractivity (Wildman–Crippen MR) is 65.9 cm³/mol. The van der Waals surface area contributed by atoms with E-state index in [2.05, 4.69) is 15.0 Å². The Hall–Kier alpha value is -1.77. The number of aliphatic hydroxyl groups excluding tert-OH is 2. The number of rotatable bonds is 3. The SMILES string of the molecule is Nc1ncnc2c1ncn2[C@H]1OC[C@H](CO)[C@H]1CO. The van der Waals surface area contributed by atoms with Gasteiger partial charge >= 0.3 is 0 Å². The Labute approximate surface area is 108 Å². The van der Waals surface area contributed by atoms with E-state index in [9.17, 15) is 10.2 Å². The zero-order chi connectivity index (χ0) is 13.4. The highest BCUT2D eigenvalue weighted by Gasteiger charge is 2.38. The van der Waals surface area contributed by atoms with Gasteiger partial charge in [-0.1, -0.05) is 0 Å². The van der Waals surface area contributed by atoms with Gasteiger partial charge in [0.25, 0.3) is 0 Å². The van der Waals surface area contributed by atoms with Crippen LogP contribution in [0.25, 0.3) is 11.2 Å². The summed E-state index contributed by atoms with van der Waals surface area (Å²) in [7, 11) is 0. The van der Waals surface area contributed by atoms with E-state index in [4.69, 9.17) is 10.5 Å². The Morgan fingerprint density at radius 2 is 2.16 bits per heavy atom. The Bertz CT molecular complexity index is 587. The molecule has 0 aromatic carbocycles. The molecular formula is C11H15N5O3. The second kappa shape index (κ2) is 4.72. The maximum Gasteiger partial charge on any atom is 0.167 e. The minimum Gasteiger partial charge on any atom is -0.396 e. The van der Waals surface area contributed by atoms with Crippen LogP contribution in [0.4, 0.5) is 5.82 Å². The number of aliphatic hydroxyl groups is 2. The minimum atomic E-state index is -0.401. The third-order valence-corrected chi connectivity index (χ3v) is 3.56. The molecule has 2 aromatic heterocycles. The zero-order valence-electron chi connectivity index (χ0n) is 10.2. The molecule has 0 spiro atoms. The molecular weight excluding hydrogens is 250 g/mol. The molecule has 2 aromatic rings. The lowest BCUT2D eigenvalue weighted by Crippen LogP contribution is -2.24. The van der Waals surface area contributed by atoms with Crippen molar-refractivity contribution >= 4 is 17.0 Å². The second-order valence-corrected chi connectivity index (χ2v) is 4.60. The van der Waals surface area contributed by atoms with Crippen molar-refractivity contribution in [2.75, 3.05) is 25.6 Å². The molecule has 1 aliphatic heterocycles. The van der Waals surface area contributed by atoms with Gasteiger partial charge in [0.2, 0.25) is 0 Å². The Kier molecular flexibility index (Phi) is 3.05. The van der Waals surface area contributed by atoms with Crippen molar-refractivity contribution in [3.05, 3.63) is 12.7 Å². The maximum atomic E-state index is 9.48. The largest absolute Gasteiger partial charge is 0.396 e. The molecule has 3 heterocycles. The van der Waals surface area contributed by atoms with Gasteiger partial charge in [-0.05, 0) is 0 Å². The van der Waals surface area contributed by atoms with Gasteiger partial charge in [0.1, 0.15) is 18.1 Å². The number of imidazole rings is 1. The third-order valence-electron chi connectivity index (χ3n) is 3.56. The molecule has 1 fully saturated rings. The van der Waals surface area contributed by atoms with Crippen molar-refractivity contribution in [1.82, 2.24) is 19.5 Å². The highest BCUT2D eigenvalue weighted by molar-refractivity contribution is 5.81. The zero-order valence-corrected chi connectivity index (χ0v) is 10.2. The lowest BCUT2D eigenvalue weighted by molar-refractivity contribution is 0.0199. The fourth-order valence-corrected chi connectivity index (χ4v) is 2.47. The monoisotopic (exact) mass is 265 g/mol. The number of nitrogens with zero attached hydrogens (tertiary/aromatic N) is 4. The molecule has 4 N–H and O–H groups in total. The van der Waals surface area contributed by atoms with Crippen molar-refractivity contribution in [2.45, 2.75) is 6.23 Å². The van der Waals surface area contributed by atoms with E-state index in [1.54, 1.807) is 10.9 Å². The molecule has 1 aliphatic rings. The van der Waals surface area contributed by atoms with Crippen molar-refractivity contribution in [1.29, 1.82) is 0 Å². The number of aromatic nitrogens is 4. The number of hydrogen-bond acceptors (Lipinski definition) is 7. The maximum absolute atomic E-state index is 9.48. The van der Waals surface area contributed by atoms with Crippen LogP contribution in [0.5, 0.6) is 0 Å². The molecule has 8 nitrogen and oxygen atoms in total. The van der Waals surface area contributed by atoms with E-state index in [-0.39, 0.29) is 25.0 Å². The van der Waals surface area contributed by atoms with E-state index in [1.807, 2.05) is 0 Å². The first kappa shape index (κ1) is 12.3. The highest BCUT2D eigenvalue weighted by Crippen LogP contribution is 2.35. The number of ether oxygens (including phenoxy) is 1. The first-order chi connectivity index (χ1) is 9.26. The van der Waals surface area contributed by atoms with Crippen LogP contribution in [0.1, 0.15) is 6.23 Å². The van der Waals surface area contributed by atoms with Gasteiger partial charge in [-0.15, -0.1) is 0 Å². The van der Waals surface area contributed by atoms with Gasteiger partial charge in [0.15, 0.2) is 11.5 Å². The van der Waals surface area contributed by atoms with Crippen LogP contribution in [0.15, 0.2) is 12.7 Å². The summed E-state index contributed by atoms with van der Waals surface area (Å²) in [5.74, 6) is 0.0197. The van der Waals surface area contributed by atoms with E-state index in [0.717, 1.165) is 0 Å². The third kappa shape index (κ3) is 1.84. The molecule has 0 radical (unpaired) electrons. The average Bonchev–Trinajstić information content (AvgIpc) is 3.01. The summed E-state index contributed by atoms with van der Waals surface area (Å²) in [5.41, 5.74) is 6.81. The van der Waals surface area contributed by atoms with Gasteiger partial charge < -0.3 is 20.7 Å². The molecule has 3 rings (SSSR count). The summed E-state index contributed by atoms with van der Waals surface area (Å²) in [6, 6.07) is 0. The number of nitrogen functional groups attached to an aromatic ring is 1. The fourth-order valence-electron chi connectivity index (χ4n) is 2.47. The Morgan fingerprint density at radius 3 is 2.89 bits per heavy atom. The van der Waals surface area contributed by atoms with E-state index in [1.165, 1.54) is 6.33 Å². The molecule has 0 amide bonds. The van der Waals surface area contributed by atoms with Gasteiger partial charge in [-0.3, -0.25) is 4.57 Å². The highest BCUT2D eigenvalue weighted by atomic mass is 16.5. The molecule has 0 bridgehead atoms. The normalized spacial score (nSPS) is 27.2. The standard InChI is InChI=1S/C11H15N5O3/c12-9-8-10(14-4-13-9)16(5-15-8)11-7(2-18)6(1-17)3-19-11/h4-7,11,17-18H,1-3H2,(H2,12,13,14)/t6-,7+,11-/m0/s1. The van der Waals surface area contributed by atoms with E-state index < -0.39 is 6.23 Å². The molecule has 3 atom stereocenters. The number of anilines is 1. The summed E-state index contributed by atoms with van der Waals surface area (Å²) >= 11 is 0. The van der Waals surface area contributed by atoms with E-state index in [0.29, 0.717) is 23.6 Å². The van der Waals surface area contributed by atoms with Crippen LogP contribution in [0.2, 0.25) is 0 Å². The van der Waals surface area contributed by atoms with Crippen molar-refractivity contribution in [3.63, 3.8) is 0 Å². The second-order valence-electron chi connectivity index (χ2n) is 4.60. The smallest absolute Gasteiger partial charge is 0.167 e. The molecule has 0 aliphatic carbocycles. The molecule has 0 saturated carbocycles. The van der Waals surface area contributed by atoms with Crippen LogP contribution < -0.4 is 5.73 Å². The summed E-state index contributed by atoms with van der Waals surface area (Å²) in [6.07, 6.45) is 2.53.